The maximum atomic E-state index is 12.8. The van der Waals surface area contributed by atoms with Crippen molar-refractivity contribution in [1.82, 2.24) is 18.7 Å². The van der Waals surface area contributed by atoms with Crippen LogP contribution < -0.4 is 10.3 Å². The maximum absolute atomic E-state index is 12.8. The molecule has 4 heterocycles. The summed E-state index contributed by atoms with van der Waals surface area (Å²) in [5.41, 5.74) is -0.401. The van der Waals surface area contributed by atoms with Crippen LogP contribution in [0.1, 0.15) is 12.8 Å². The zero-order chi connectivity index (χ0) is 18.3. The van der Waals surface area contributed by atoms with Gasteiger partial charge in [0.05, 0.1) is 0 Å². The predicted octanol–water partition coefficient (Wildman–Crippen LogP) is 0.376. The van der Waals surface area contributed by atoms with Crippen LogP contribution in [0.25, 0.3) is 10.2 Å². The van der Waals surface area contributed by atoms with Crippen molar-refractivity contribution in [2.24, 2.45) is 0 Å². The Labute approximate surface area is 155 Å². The molecule has 140 valence electrons. The molecule has 2 aliphatic rings. The fourth-order valence-corrected chi connectivity index (χ4v) is 4.77. The minimum Gasteiger partial charge on any atom is -0.618 e. The smallest absolute Gasteiger partial charge is 0.340 e. The van der Waals surface area contributed by atoms with Gasteiger partial charge in [0.25, 0.3) is 5.56 Å². The Hall–Kier alpha value is -1.97. The Kier molecular flexibility index (Phi) is 4.68. The molecule has 2 saturated heterocycles. The molecule has 9 heteroatoms. The number of rotatable bonds is 1. The highest BCUT2D eigenvalue weighted by Crippen LogP contribution is 2.20. The van der Waals surface area contributed by atoms with E-state index >= 15 is 0 Å². The standard InChI is InChI=1S/C17H23N5O3S/c1-18-9-11-19(12-10-18)13-4-7-20(8-5-13)17(24)22-15(23)14-3-2-6-21(25)16(14)26-22/h2-3,6,13H,4-5,7-12H2,1H3. The largest absolute Gasteiger partial charge is 0.618 e. The van der Waals surface area contributed by atoms with Gasteiger partial charge in [0.2, 0.25) is 0 Å². The second-order valence-corrected chi connectivity index (χ2v) is 8.02. The van der Waals surface area contributed by atoms with Crippen molar-refractivity contribution in [3.8, 4) is 0 Å². The van der Waals surface area contributed by atoms with Crippen LogP contribution in [-0.4, -0.2) is 77.0 Å². The van der Waals surface area contributed by atoms with Crippen molar-refractivity contribution in [3.05, 3.63) is 33.9 Å². The van der Waals surface area contributed by atoms with Crippen LogP contribution in [0.3, 0.4) is 0 Å². The topological polar surface area (TPSA) is 75.7 Å². The number of pyridine rings is 1. The number of likely N-dealkylation sites (N-methyl/N-ethyl adjacent to an activating group) is 1. The molecule has 0 unspecified atom stereocenters. The molecule has 0 N–H and O–H groups in total. The first-order valence-electron chi connectivity index (χ1n) is 9.00. The van der Waals surface area contributed by atoms with Crippen molar-refractivity contribution in [2.75, 3.05) is 46.3 Å². The number of aromatic nitrogens is 2. The zero-order valence-electron chi connectivity index (χ0n) is 14.8. The highest BCUT2D eigenvalue weighted by Gasteiger charge is 2.30. The summed E-state index contributed by atoms with van der Waals surface area (Å²) in [6.45, 7) is 5.63. The number of fused-ring (bicyclic) bond motifs is 1. The summed E-state index contributed by atoms with van der Waals surface area (Å²) in [5, 5.41) is 12.1. The summed E-state index contributed by atoms with van der Waals surface area (Å²) in [4.78, 5) is 32.1. The number of carbonyl (C=O) groups is 1. The summed E-state index contributed by atoms with van der Waals surface area (Å²) in [7, 11) is 2.15. The van der Waals surface area contributed by atoms with E-state index in [1.807, 2.05) is 0 Å². The minimum atomic E-state index is -0.401. The molecule has 26 heavy (non-hydrogen) atoms. The van der Waals surface area contributed by atoms with E-state index in [1.165, 1.54) is 12.3 Å². The number of piperidine rings is 1. The number of carbonyl (C=O) groups excluding carboxylic acids is 1. The lowest BCUT2D eigenvalue weighted by atomic mass is 10.0. The molecule has 0 radical (unpaired) electrons. The summed E-state index contributed by atoms with van der Waals surface area (Å²) in [6.07, 6.45) is 3.20. The number of amides is 1. The monoisotopic (exact) mass is 377 g/mol. The van der Waals surface area contributed by atoms with Gasteiger partial charge < -0.3 is 15.0 Å². The molecule has 0 aliphatic carbocycles. The third-order valence-corrected chi connectivity index (χ3v) is 6.55. The van der Waals surface area contributed by atoms with Gasteiger partial charge in [0, 0.05) is 62.9 Å². The van der Waals surface area contributed by atoms with Crippen LogP contribution in [0, 0.1) is 5.21 Å². The van der Waals surface area contributed by atoms with E-state index in [2.05, 4.69) is 16.8 Å². The fraction of sp³-hybridized carbons (Fsp3) is 0.588. The van der Waals surface area contributed by atoms with Crippen LogP contribution >= 0.6 is 11.5 Å². The van der Waals surface area contributed by atoms with E-state index < -0.39 is 5.56 Å². The van der Waals surface area contributed by atoms with Crippen LogP contribution in [0.2, 0.25) is 0 Å². The normalized spacial score (nSPS) is 20.7. The van der Waals surface area contributed by atoms with Gasteiger partial charge in [0.1, 0.15) is 5.39 Å². The number of hydrogen-bond acceptors (Lipinski definition) is 6. The van der Waals surface area contributed by atoms with Crippen molar-refractivity contribution < 1.29 is 9.52 Å². The third-order valence-electron chi connectivity index (χ3n) is 5.47. The van der Waals surface area contributed by atoms with E-state index in [-0.39, 0.29) is 10.9 Å². The van der Waals surface area contributed by atoms with E-state index in [9.17, 15) is 14.8 Å². The molecule has 0 aromatic carbocycles. The molecule has 0 atom stereocenters. The SMILES string of the molecule is CN1CCN(C2CCN(C(=O)n3sc4c(ccc[n+]4[O-])c3=O)CC2)CC1. The summed E-state index contributed by atoms with van der Waals surface area (Å²) in [5.74, 6) is 0. The van der Waals surface area contributed by atoms with E-state index in [1.54, 1.807) is 11.0 Å². The molecule has 2 aromatic heterocycles. The summed E-state index contributed by atoms with van der Waals surface area (Å²) in [6, 6.07) is 3.31. The number of piperazine rings is 1. The summed E-state index contributed by atoms with van der Waals surface area (Å²) >= 11 is 0.929. The molecule has 0 bridgehead atoms. The minimum absolute atomic E-state index is 0.276. The van der Waals surface area contributed by atoms with Gasteiger partial charge in [-0.25, -0.2) is 4.79 Å². The Morgan fingerprint density at radius 1 is 1.19 bits per heavy atom. The molecular weight excluding hydrogens is 354 g/mol. The van der Waals surface area contributed by atoms with Crippen molar-refractivity contribution in [3.63, 3.8) is 0 Å². The van der Waals surface area contributed by atoms with E-state index in [0.29, 0.717) is 29.2 Å². The second-order valence-electron chi connectivity index (χ2n) is 7.08. The van der Waals surface area contributed by atoms with Gasteiger partial charge in [-0.15, -0.1) is 0 Å². The van der Waals surface area contributed by atoms with Crippen LogP contribution in [0.15, 0.2) is 23.1 Å². The van der Waals surface area contributed by atoms with E-state index in [4.69, 9.17) is 0 Å². The lowest BCUT2D eigenvalue weighted by molar-refractivity contribution is -0.574. The van der Waals surface area contributed by atoms with Crippen LogP contribution in [-0.2, 0) is 0 Å². The Morgan fingerprint density at radius 2 is 1.88 bits per heavy atom. The highest BCUT2D eigenvalue weighted by atomic mass is 32.1. The van der Waals surface area contributed by atoms with Crippen molar-refractivity contribution >= 4 is 27.8 Å². The Morgan fingerprint density at radius 3 is 2.54 bits per heavy atom. The average Bonchev–Trinajstić information content (AvgIpc) is 3.00. The first-order valence-corrected chi connectivity index (χ1v) is 9.78. The number of nitrogens with zero attached hydrogens (tertiary/aromatic N) is 5. The zero-order valence-corrected chi connectivity index (χ0v) is 15.7. The van der Waals surface area contributed by atoms with Gasteiger partial charge in [0.15, 0.2) is 6.20 Å². The average molecular weight is 377 g/mol. The molecule has 0 spiro atoms. The molecule has 2 aliphatic heterocycles. The van der Waals surface area contributed by atoms with Gasteiger partial charge in [-0.2, -0.15) is 8.69 Å². The van der Waals surface area contributed by atoms with Crippen LogP contribution in [0.5, 0.6) is 0 Å². The highest BCUT2D eigenvalue weighted by molar-refractivity contribution is 7.13. The van der Waals surface area contributed by atoms with Gasteiger partial charge in [-0.05, 0) is 26.0 Å². The lowest BCUT2D eigenvalue weighted by Crippen LogP contribution is -2.53. The van der Waals surface area contributed by atoms with Crippen LogP contribution in [0.4, 0.5) is 4.79 Å². The van der Waals surface area contributed by atoms with Crippen molar-refractivity contribution in [2.45, 2.75) is 18.9 Å². The maximum Gasteiger partial charge on any atom is 0.340 e. The molecule has 8 nitrogen and oxygen atoms in total. The fourth-order valence-electron chi connectivity index (χ4n) is 3.83. The Balaban J connectivity index is 1.45. The van der Waals surface area contributed by atoms with Crippen molar-refractivity contribution in [1.29, 1.82) is 0 Å². The quantitative estimate of drug-likeness (QED) is 0.530. The molecule has 4 rings (SSSR count). The van der Waals surface area contributed by atoms with Gasteiger partial charge in [-0.3, -0.25) is 9.69 Å². The first kappa shape index (κ1) is 17.4. The van der Waals surface area contributed by atoms with Gasteiger partial charge >= 0.3 is 10.9 Å². The molecular formula is C17H23N5O3S. The molecule has 2 fully saturated rings. The third kappa shape index (κ3) is 3.10. The molecule has 1 amide bonds. The number of likely N-dealkylation sites (tertiary alicyclic amines) is 1. The molecule has 2 aromatic rings. The second kappa shape index (κ2) is 6.98. The summed E-state index contributed by atoms with van der Waals surface area (Å²) < 4.78 is 1.76. The number of hydrogen-bond donors (Lipinski definition) is 0. The van der Waals surface area contributed by atoms with E-state index in [0.717, 1.165) is 54.5 Å². The first-order chi connectivity index (χ1) is 12.5. The van der Waals surface area contributed by atoms with Gasteiger partial charge in [-0.1, -0.05) is 0 Å². The predicted molar refractivity (Wildman–Crippen MR) is 99.5 cm³/mol. The molecule has 0 saturated carbocycles. The Bertz CT molecular complexity index is 863. The lowest BCUT2D eigenvalue weighted by Gasteiger charge is -2.41.